The molecule has 0 bridgehead atoms. The van der Waals surface area contributed by atoms with Crippen molar-refractivity contribution in [1.82, 2.24) is 19.5 Å². The van der Waals surface area contributed by atoms with E-state index in [4.69, 9.17) is 18.9 Å². The summed E-state index contributed by atoms with van der Waals surface area (Å²) in [6, 6.07) is 11.2. The molecule has 0 spiro atoms. The minimum Gasteiger partial charge on any atom is -0.459 e. The van der Waals surface area contributed by atoms with E-state index in [1.807, 2.05) is 84.9 Å². The van der Waals surface area contributed by atoms with Crippen molar-refractivity contribution in [2.24, 2.45) is 5.92 Å². The van der Waals surface area contributed by atoms with E-state index in [0.29, 0.717) is 45.4 Å². The average Bonchev–Trinajstić information content (AvgIpc) is 3.69. The molecule has 13 nitrogen and oxygen atoms in total. The number of hydrogen-bond acceptors (Lipinski definition) is 12. The van der Waals surface area contributed by atoms with Crippen LogP contribution in [0, 0.1) is 68.2 Å². The van der Waals surface area contributed by atoms with Crippen LogP contribution in [0.4, 0.5) is 0 Å². The summed E-state index contributed by atoms with van der Waals surface area (Å²) in [6.45, 7) is 20.1. The van der Waals surface area contributed by atoms with E-state index < -0.39 is 58.9 Å². The maximum atomic E-state index is 14.3. The minimum absolute atomic E-state index is 0.00481. The van der Waals surface area contributed by atoms with Crippen LogP contribution in [0.3, 0.4) is 0 Å². The van der Waals surface area contributed by atoms with Gasteiger partial charge in [-0.2, -0.15) is 0 Å². The monoisotopic (exact) mass is 824 g/mol. The van der Waals surface area contributed by atoms with Crippen LogP contribution in [-0.2, 0) is 28.8 Å². The fraction of sp³-hybridized carbons (Fsp3) is 0.422. The predicted octanol–water partition coefficient (Wildman–Crippen LogP) is 7.63. The second-order valence-corrected chi connectivity index (χ2v) is 18.3. The number of fused-ring (bicyclic) bond motifs is 1. The Labute approximate surface area is 345 Å². The number of imidazole rings is 1. The zero-order valence-electron chi connectivity index (χ0n) is 35.5. The highest BCUT2D eigenvalue weighted by molar-refractivity contribution is 7.91. The number of esters is 3. The third-order valence-corrected chi connectivity index (χ3v) is 12.3. The molecule has 0 amide bonds. The van der Waals surface area contributed by atoms with Crippen LogP contribution >= 0.6 is 0 Å². The number of nitrogens with zero attached hydrogens (tertiary/aromatic N) is 4. The first-order valence-corrected chi connectivity index (χ1v) is 21.3. The molecule has 5 aromatic rings. The van der Waals surface area contributed by atoms with Crippen LogP contribution in [0.15, 0.2) is 54.1 Å². The summed E-state index contributed by atoms with van der Waals surface area (Å²) in [5.74, 6) is -2.04. The van der Waals surface area contributed by atoms with Crippen molar-refractivity contribution in [3.8, 4) is 0 Å². The summed E-state index contributed by atoms with van der Waals surface area (Å²) in [7, 11) is -3.89. The van der Waals surface area contributed by atoms with E-state index in [2.05, 4.69) is 15.0 Å². The molecule has 0 aliphatic carbocycles. The van der Waals surface area contributed by atoms with Gasteiger partial charge in [0.25, 0.3) is 0 Å². The van der Waals surface area contributed by atoms with Crippen LogP contribution in [0.25, 0.3) is 11.2 Å². The number of carbonyl (C=O) groups is 3. The Kier molecular flexibility index (Phi) is 12.4. The van der Waals surface area contributed by atoms with Crippen molar-refractivity contribution < 1.29 is 41.7 Å². The molecule has 3 heterocycles. The maximum Gasteiger partial charge on any atom is 0.339 e. The highest BCUT2D eigenvalue weighted by Gasteiger charge is 2.52. The van der Waals surface area contributed by atoms with Crippen LogP contribution in [-0.4, -0.2) is 76.5 Å². The van der Waals surface area contributed by atoms with Gasteiger partial charge in [0.05, 0.1) is 28.8 Å². The second-order valence-electron chi connectivity index (χ2n) is 16.2. The standard InChI is InChI=1S/C45H52N4O9S/c1-23(2)12-13-59(53,54)41-37-40(46-21-47-41)49(22-48-37)42-39(58-45(52)36-31(10)18-26(5)19-32(36)11)38(57-44(51)35-29(8)16-25(4)17-30(35)9)33(56-42)20-55-43(50)34-27(6)14-24(3)15-28(34)7/h14-19,21-23,33,38-39,42H,12-13,20H2,1-11H3. The Balaban J connectivity index is 1.47. The number of hydrogen-bond donors (Lipinski definition) is 0. The fourth-order valence-electron chi connectivity index (χ4n) is 8.17. The molecular formula is C45H52N4O9S. The summed E-state index contributed by atoms with van der Waals surface area (Å²) in [4.78, 5) is 55.3. The molecule has 0 radical (unpaired) electrons. The van der Waals surface area contributed by atoms with Gasteiger partial charge in [-0.25, -0.2) is 37.8 Å². The number of aromatic nitrogens is 4. The van der Waals surface area contributed by atoms with E-state index in [1.54, 1.807) is 27.7 Å². The number of rotatable bonds is 12. The molecule has 6 rings (SSSR count). The molecule has 1 aliphatic rings. The summed E-state index contributed by atoms with van der Waals surface area (Å²) < 4.78 is 53.8. The Morgan fingerprint density at radius 3 is 1.61 bits per heavy atom. The van der Waals surface area contributed by atoms with Crippen molar-refractivity contribution in [3.63, 3.8) is 0 Å². The first kappa shape index (κ1) is 43.1. The normalized spacial score (nSPS) is 18.0. The number of aryl methyl sites for hydroxylation is 9. The minimum atomic E-state index is -3.89. The summed E-state index contributed by atoms with van der Waals surface area (Å²) in [5.41, 5.74) is 8.18. The van der Waals surface area contributed by atoms with Gasteiger partial charge in [-0.1, -0.05) is 66.9 Å². The molecule has 4 atom stereocenters. The number of sulfone groups is 1. The molecule has 1 fully saturated rings. The zero-order valence-corrected chi connectivity index (χ0v) is 36.3. The number of benzene rings is 3. The van der Waals surface area contributed by atoms with Crippen LogP contribution < -0.4 is 0 Å². The summed E-state index contributed by atoms with van der Waals surface area (Å²) >= 11 is 0. The first-order chi connectivity index (χ1) is 27.8. The molecule has 3 aromatic carbocycles. The quantitative estimate of drug-likeness (QED) is 0.0687. The van der Waals surface area contributed by atoms with Crippen molar-refractivity contribution >= 4 is 38.9 Å². The van der Waals surface area contributed by atoms with Crippen molar-refractivity contribution in [2.75, 3.05) is 12.4 Å². The van der Waals surface area contributed by atoms with Gasteiger partial charge >= 0.3 is 17.9 Å². The highest BCUT2D eigenvalue weighted by atomic mass is 32.2. The maximum absolute atomic E-state index is 14.3. The molecule has 0 N–H and O–H groups in total. The van der Waals surface area contributed by atoms with E-state index in [1.165, 1.54) is 10.9 Å². The summed E-state index contributed by atoms with van der Waals surface area (Å²) in [6.07, 6.45) is -2.33. The predicted molar refractivity (Wildman–Crippen MR) is 221 cm³/mol. The SMILES string of the molecule is Cc1cc(C)c(C(=O)OCC2OC(n3cnc4c(S(=O)(=O)CCC(C)C)ncnc43)C(OC(=O)c3c(C)cc(C)cc3C)C2OC(=O)c2c(C)cc(C)cc2C)c(C)c1. The van der Waals surface area contributed by atoms with E-state index in [9.17, 15) is 22.8 Å². The third-order valence-electron chi connectivity index (χ3n) is 10.7. The Bertz CT molecular complexity index is 2510. The lowest BCUT2D eigenvalue weighted by atomic mass is 9.99. The second kappa shape index (κ2) is 17.0. The molecule has 4 unspecified atom stereocenters. The smallest absolute Gasteiger partial charge is 0.339 e. The Morgan fingerprint density at radius 1 is 0.678 bits per heavy atom. The lowest BCUT2D eigenvalue weighted by Gasteiger charge is -2.26. The van der Waals surface area contributed by atoms with Gasteiger partial charge in [0.1, 0.15) is 24.6 Å². The topological polar surface area (TPSA) is 166 Å². The molecule has 14 heteroatoms. The molecule has 1 saturated heterocycles. The Morgan fingerprint density at radius 2 is 1.14 bits per heavy atom. The molecule has 312 valence electrons. The zero-order chi connectivity index (χ0) is 43.1. The van der Waals surface area contributed by atoms with E-state index in [0.717, 1.165) is 34.1 Å². The fourth-order valence-corrected chi connectivity index (χ4v) is 9.79. The van der Waals surface area contributed by atoms with Gasteiger partial charge in [0.2, 0.25) is 0 Å². The molecule has 0 saturated carbocycles. The van der Waals surface area contributed by atoms with E-state index >= 15 is 0 Å². The molecule has 1 aliphatic heterocycles. The Hall–Kier alpha value is -5.47. The highest BCUT2D eigenvalue weighted by Crippen LogP contribution is 2.38. The van der Waals surface area contributed by atoms with Crippen LogP contribution in [0.5, 0.6) is 0 Å². The van der Waals surface area contributed by atoms with Crippen molar-refractivity contribution in [1.29, 1.82) is 0 Å². The molecule has 2 aromatic heterocycles. The van der Waals surface area contributed by atoms with Crippen LogP contribution in [0.2, 0.25) is 0 Å². The first-order valence-electron chi connectivity index (χ1n) is 19.7. The average molecular weight is 825 g/mol. The van der Waals surface area contributed by atoms with Gasteiger partial charge < -0.3 is 18.9 Å². The molecular weight excluding hydrogens is 773 g/mol. The van der Waals surface area contributed by atoms with Crippen molar-refractivity contribution in [2.45, 2.75) is 112 Å². The summed E-state index contributed by atoms with van der Waals surface area (Å²) in [5, 5.41) is -0.248. The molecule has 59 heavy (non-hydrogen) atoms. The lowest BCUT2D eigenvalue weighted by molar-refractivity contribution is -0.0607. The van der Waals surface area contributed by atoms with Gasteiger partial charge in [-0.3, -0.25) is 4.57 Å². The van der Waals surface area contributed by atoms with E-state index in [-0.39, 0.29) is 27.9 Å². The third kappa shape index (κ3) is 8.93. The van der Waals surface area contributed by atoms with Crippen molar-refractivity contribution in [3.05, 3.63) is 116 Å². The number of ether oxygens (including phenoxy) is 4. The largest absolute Gasteiger partial charge is 0.459 e. The van der Waals surface area contributed by atoms with Gasteiger partial charge in [-0.15, -0.1) is 0 Å². The van der Waals surface area contributed by atoms with Gasteiger partial charge in [0, 0.05) is 0 Å². The lowest BCUT2D eigenvalue weighted by Crippen LogP contribution is -2.41. The van der Waals surface area contributed by atoms with Gasteiger partial charge in [-0.05, 0) is 108 Å². The van der Waals surface area contributed by atoms with Gasteiger partial charge in [0.15, 0.2) is 38.9 Å². The number of carbonyl (C=O) groups excluding carboxylic acids is 3. The van der Waals surface area contributed by atoms with Crippen LogP contribution in [0.1, 0.15) is 108 Å².